The largest absolute Gasteiger partial charge is 0.443 e. The highest BCUT2D eigenvalue weighted by molar-refractivity contribution is 9.10. The molecule has 2 heterocycles. The molecule has 0 saturated heterocycles. The maximum Gasteiger partial charge on any atom is 0.256 e. The van der Waals surface area contributed by atoms with E-state index >= 15 is 0 Å². The highest BCUT2D eigenvalue weighted by Crippen LogP contribution is 2.27. The van der Waals surface area contributed by atoms with Gasteiger partial charge in [-0.3, -0.25) is 9.36 Å². The number of nitriles is 1. The topological polar surface area (TPSA) is 71.0 Å². The molecule has 3 aromatic rings. The quantitative estimate of drug-likeness (QED) is 0.703. The minimum atomic E-state index is -0.334. The molecule has 1 atom stereocenters. The van der Waals surface area contributed by atoms with Crippen LogP contribution in [0, 0.1) is 18.3 Å². The lowest BCUT2D eigenvalue weighted by Crippen LogP contribution is -2.27. The first kappa shape index (κ1) is 17.1. The molecule has 2 aromatic heterocycles. The molecule has 1 amide bonds. The van der Waals surface area contributed by atoms with Crippen LogP contribution in [0.3, 0.4) is 0 Å². The maximum atomic E-state index is 12.8. The summed E-state index contributed by atoms with van der Waals surface area (Å²) in [5.41, 5.74) is 1.46. The highest BCUT2D eigenvalue weighted by atomic mass is 79.9. The van der Waals surface area contributed by atoms with Crippen molar-refractivity contribution < 1.29 is 9.21 Å². The van der Waals surface area contributed by atoms with Crippen molar-refractivity contribution in [3.8, 4) is 12.0 Å². The van der Waals surface area contributed by atoms with E-state index in [4.69, 9.17) is 4.42 Å². The summed E-state index contributed by atoms with van der Waals surface area (Å²) in [4.78, 5) is 12.8. The number of nitrogens with zero attached hydrogens (tertiary/aromatic N) is 2. The Kier molecular flexibility index (Phi) is 4.77. The lowest BCUT2D eigenvalue weighted by Gasteiger charge is -2.15. The van der Waals surface area contributed by atoms with E-state index in [-0.39, 0.29) is 23.1 Å². The maximum absolute atomic E-state index is 12.8. The summed E-state index contributed by atoms with van der Waals surface area (Å²) in [5.74, 6) is 0.431. The smallest absolute Gasteiger partial charge is 0.256 e. The normalized spacial score (nSPS) is 11.8. The van der Waals surface area contributed by atoms with Gasteiger partial charge >= 0.3 is 0 Å². The second-order valence-corrected chi connectivity index (χ2v) is 6.49. The van der Waals surface area contributed by atoms with Crippen molar-refractivity contribution in [2.24, 2.45) is 0 Å². The summed E-state index contributed by atoms with van der Waals surface area (Å²) in [6, 6.07) is 13.2. The van der Waals surface area contributed by atoms with Gasteiger partial charge in [-0.15, -0.1) is 0 Å². The molecule has 0 fully saturated rings. The van der Waals surface area contributed by atoms with Crippen molar-refractivity contribution in [1.29, 1.82) is 5.26 Å². The van der Waals surface area contributed by atoms with Gasteiger partial charge in [0.15, 0.2) is 0 Å². The van der Waals surface area contributed by atoms with Crippen molar-refractivity contribution in [2.75, 3.05) is 0 Å². The fourth-order valence-electron chi connectivity index (χ4n) is 2.73. The van der Waals surface area contributed by atoms with Gasteiger partial charge in [-0.1, -0.05) is 34.1 Å². The zero-order valence-electron chi connectivity index (χ0n) is 13.8. The minimum Gasteiger partial charge on any atom is -0.443 e. The third-order valence-electron chi connectivity index (χ3n) is 3.96. The van der Waals surface area contributed by atoms with E-state index in [0.29, 0.717) is 11.6 Å². The van der Waals surface area contributed by atoms with Crippen LogP contribution in [0.2, 0.25) is 0 Å². The minimum absolute atomic E-state index is 0.223. The average Bonchev–Trinajstić information content (AvgIpc) is 3.22. The molecule has 0 bridgehead atoms. The van der Waals surface area contributed by atoms with Crippen LogP contribution in [0.15, 0.2) is 57.7 Å². The van der Waals surface area contributed by atoms with E-state index in [1.807, 2.05) is 43.3 Å². The van der Waals surface area contributed by atoms with Crippen LogP contribution < -0.4 is 5.32 Å². The number of amides is 1. The molecule has 0 spiro atoms. The van der Waals surface area contributed by atoms with Gasteiger partial charge in [-0.25, -0.2) is 0 Å². The summed E-state index contributed by atoms with van der Waals surface area (Å²) in [6.45, 7) is 3.58. The Labute approximate surface area is 154 Å². The summed E-state index contributed by atoms with van der Waals surface area (Å²) in [6.07, 6.45) is 3.54. The molecule has 126 valence electrons. The number of furan rings is 1. The van der Waals surface area contributed by atoms with Crippen LogP contribution >= 0.6 is 15.9 Å². The van der Waals surface area contributed by atoms with Gasteiger partial charge in [0.25, 0.3) is 5.91 Å². The standard InChI is InChI=1S/C19H16BrN3O2/c1-12(14-7-3-4-8-16(14)20)22-18(24)17-13(2)25-19(15(17)11-21)23-9-5-6-10-23/h3-10,12H,1-2H3,(H,22,24). The van der Waals surface area contributed by atoms with E-state index in [1.54, 1.807) is 23.9 Å². The first-order chi connectivity index (χ1) is 12.0. The molecule has 5 nitrogen and oxygen atoms in total. The second-order valence-electron chi connectivity index (χ2n) is 5.63. The van der Waals surface area contributed by atoms with Gasteiger partial charge in [-0.05, 0) is 37.6 Å². The van der Waals surface area contributed by atoms with Crippen LogP contribution in [0.5, 0.6) is 0 Å². The van der Waals surface area contributed by atoms with Crippen LogP contribution in [0.1, 0.15) is 40.2 Å². The Morgan fingerprint density at radius 2 is 1.96 bits per heavy atom. The lowest BCUT2D eigenvalue weighted by atomic mass is 10.1. The SMILES string of the molecule is Cc1oc(-n2cccc2)c(C#N)c1C(=O)NC(C)c1ccccc1Br. The predicted octanol–water partition coefficient (Wildman–Crippen LogP) is 4.50. The monoisotopic (exact) mass is 397 g/mol. The van der Waals surface area contributed by atoms with E-state index in [1.165, 1.54) is 0 Å². The van der Waals surface area contributed by atoms with Gasteiger partial charge in [0.1, 0.15) is 23.0 Å². The number of aryl methyl sites for hydroxylation is 1. The summed E-state index contributed by atoms with van der Waals surface area (Å²) in [5, 5.41) is 12.5. The number of nitrogens with one attached hydrogen (secondary N) is 1. The van der Waals surface area contributed by atoms with Crippen molar-refractivity contribution in [2.45, 2.75) is 19.9 Å². The second kappa shape index (κ2) is 6.99. The molecule has 0 aliphatic heterocycles. The van der Waals surface area contributed by atoms with Gasteiger partial charge in [0.2, 0.25) is 5.88 Å². The third kappa shape index (κ3) is 3.24. The molecular weight excluding hydrogens is 382 g/mol. The van der Waals surface area contributed by atoms with Crippen molar-refractivity contribution in [3.05, 3.63) is 75.7 Å². The number of benzene rings is 1. The third-order valence-corrected chi connectivity index (χ3v) is 4.69. The Bertz CT molecular complexity index is 952. The van der Waals surface area contributed by atoms with E-state index in [2.05, 4.69) is 27.3 Å². The number of rotatable bonds is 4. The zero-order chi connectivity index (χ0) is 18.0. The summed E-state index contributed by atoms with van der Waals surface area (Å²) in [7, 11) is 0. The van der Waals surface area contributed by atoms with Crippen molar-refractivity contribution >= 4 is 21.8 Å². The fraction of sp³-hybridized carbons (Fsp3) is 0.158. The van der Waals surface area contributed by atoms with Crippen LogP contribution in [0.25, 0.3) is 5.88 Å². The highest BCUT2D eigenvalue weighted by Gasteiger charge is 2.25. The molecule has 1 unspecified atom stereocenters. The van der Waals surface area contributed by atoms with E-state index in [0.717, 1.165) is 10.0 Å². The molecule has 0 aliphatic carbocycles. The molecule has 6 heteroatoms. The predicted molar refractivity (Wildman–Crippen MR) is 97.5 cm³/mol. The summed E-state index contributed by atoms with van der Waals surface area (Å²) < 4.78 is 8.28. The van der Waals surface area contributed by atoms with Gasteiger partial charge in [0.05, 0.1) is 6.04 Å². The first-order valence-electron chi connectivity index (χ1n) is 7.75. The molecule has 3 rings (SSSR count). The molecular formula is C19H16BrN3O2. The van der Waals surface area contributed by atoms with Gasteiger partial charge < -0.3 is 9.73 Å². The Morgan fingerprint density at radius 3 is 2.60 bits per heavy atom. The Balaban J connectivity index is 1.93. The zero-order valence-corrected chi connectivity index (χ0v) is 15.4. The van der Waals surface area contributed by atoms with E-state index < -0.39 is 0 Å². The molecule has 0 radical (unpaired) electrons. The van der Waals surface area contributed by atoms with Gasteiger partial charge in [0, 0.05) is 16.9 Å². The van der Waals surface area contributed by atoms with Crippen LogP contribution in [0.4, 0.5) is 0 Å². The Hall–Kier alpha value is -2.78. The number of carbonyl (C=O) groups excluding carboxylic acids is 1. The number of halogens is 1. The van der Waals surface area contributed by atoms with Crippen LogP contribution in [-0.4, -0.2) is 10.5 Å². The Morgan fingerprint density at radius 1 is 1.28 bits per heavy atom. The van der Waals surface area contributed by atoms with Crippen molar-refractivity contribution in [1.82, 2.24) is 9.88 Å². The number of hydrogen-bond donors (Lipinski definition) is 1. The first-order valence-corrected chi connectivity index (χ1v) is 8.54. The van der Waals surface area contributed by atoms with Gasteiger partial charge in [-0.2, -0.15) is 5.26 Å². The van der Waals surface area contributed by atoms with Crippen molar-refractivity contribution in [3.63, 3.8) is 0 Å². The summed E-state index contributed by atoms with van der Waals surface area (Å²) >= 11 is 3.49. The van der Waals surface area contributed by atoms with E-state index in [9.17, 15) is 10.1 Å². The molecule has 1 N–H and O–H groups in total. The number of carbonyl (C=O) groups is 1. The fourth-order valence-corrected chi connectivity index (χ4v) is 3.36. The number of aromatic nitrogens is 1. The number of hydrogen-bond acceptors (Lipinski definition) is 3. The molecule has 1 aromatic carbocycles. The van der Waals surface area contributed by atoms with Crippen LogP contribution in [-0.2, 0) is 0 Å². The average molecular weight is 398 g/mol. The molecule has 25 heavy (non-hydrogen) atoms. The molecule has 0 saturated carbocycles. The lowest BCUT2D eigenvalue weighted by molar-refractivity contribution is 0.0938. The molecule has 0 aliphatic rings.